The van der Waals surface area contributed by atoms with E-state index in [1.807, 2.05) is 13.0 Å². The summed E-state index contributed by atoms with van der Waals surface area (Å²) in [5, 5.41) is 0. The Bertz CT molecular complexity index is 873. The van der Waals surface area contributed by atoms with Crippen LogP contribution in [0.5, 0.6) is 5.75 Å². The highest BCUT2D eigenvalue weighted by molar-refractivity contribution is 7.89. The Balaban J connectivity index is 1.84. The van der Waals surface area contributed by atoms with Crippen LogP contribution in [0.1, 0.15) is 35.6 Å². The first-order valence-electron chi connectivity index (χ1n) is 9.35. The minimum Gasteiger partial charge on any atom is -0.495 e. The molecule has 1 heterocycles. The second-order valence-electron chi connectivity index (χ2n) is 7.18. The van der Waals surface area contributed by atoms with Crippen LogP contribution >= 0.6 is 0 Å². The number of likely N-dealkylation sites (tertiary alicyclic amines) is 1. The second kappa shape index (κ2) is 8.42. The molecule has 146 valence electrons. The average Bonchev–Trinajstić information content (AvgIpc) is 3.17. The Morgan fingerprint density at radius 3 is 2.30 bits per heavy atom. The fraction of sp³-hybridized carbons (Fsp3) is 0.429. The summed E-state index contributed by atoms with van der Waals surface area (Å²) >= 11 is 0. The third kappa shape index (κ3) is 4.69. The third-order valence-electron chi connectivity index (χ3n) is 5.12. The summed E-state index contributed by atoms with van der Waals surface area (Å²) < 4.78 is 34.0. The quantitative estimate of drug-likeness (QED) is 0.790. The maximum atomic E-state index is 13.0. The van der Waals surface area contributed by atoms with Crippen LogP contribution in [0.3, 0.4) is 0 Å². The van der Waals surface area contributed by atoms with Gasteiger partial charge in [0.25, 0.3) is 0 Å². The summed E-state index contributed by atoms with van der Waals surface area (Å²) in [6.45, 7) is 6.25. The van der Waals surface area contributed by atoms with Crippen molar-refractivity contribution >= 4 is 10.0 Å². The number of nitrogens with one attached hydrogen (secondary N) is 1. The van der Waals surface area contributed by atoms with Crippen molar-refractivity contribution in [2.75, 3.05) is 26.7 Å². The Morgan fingerprint density at radius 1 is 1.04 bits per heavy atom. The van der Waals surface area contributed by atoms with Gasteiger partial charge in [0.15, 0.2) is 0 Å². The van der Waals surface area contributed by atoms with Crippen molar-refractivity contribution in [2.45, 2.75) is 37.6 Å². The van der Waals surface area contributed by atoms with Crippen LogP contribution in [0.25, 0.3) is 0 Å². The molecule has 6 heteroatoms. The largest absolute Gasteiger partial charge is 0.495 e. The summed E-state index contributed by atoms with van der Waals surface area (Å²) in [5.74, 6) is 0.362. The van der Waals surface area contributed by atoms with Gasteiger partial charge < -0.3 is 4.74 Å². The molecule has 0 bridgehead atoms. The van der Waals surface area contributed by atoms with Gasteiger partial charge in [-0.05, 0) is 63.0 Å². The Labute approximate surface area is 162 Å². The van der Waals surface area contributed by atoms with Crippen LogP contribution in [0.15, 0.2) is 47.4 Å². The predicted octanol–water partition coefficient (Wildman–Crippen LogP) is 3.43. The molecule has 0 saturated carbocycles. The maximum Gasteiger partial charge on any atom is 0.244 e. The lowest BCUT2D eigenvalue weighted by atomic mass is 10.0. The average molecular weight is 389 g/mol. The topological polar surface area (TPSA) is 58.6 Å². The van der Waals surface area contributed by atoms with Crippen LogP contribution in [-0.4, -0.2) is 40.1 Å². The molecule has 1 N–H and O–H groups in total. The number of hydrogen-bond donors (Lipinski definition) is 1. The highest BCUT2D eigenvalue weighted by atomic mass is 32.2. The Kier molecular flexibility index (Phi) is 6.19. The van der Waals surface area contributed by atoms with E-state index < -0.39 is 10.0 Å². The smallest absolute Gasteiger partial charge is 0.244 e. The molecule has 1 saturated heterocycles. The minimum absolute atomic E-state index is 0.0266. The molecule has 2 aromatic rings. The summed E-state index contributed by atoms with van der Waals surface area (Å²) in [4.78, 5) is 2.55. The van der Waals surface area contributed by atoms with Gasteiger partial charge in [0.1, 0.15) is 10.6 Å². The monoisotopic (exact) mass is 388 g/mol. The first-order valence-corrected chi connectivity index (χ1v) is 10.8. The number of nitrogens with zero attached hydrogens (tertiary/aromatic N) is 1. The van der Waals surface area contributed by atoms with Crippen LogP contribution in [-0.2, 0) is 10.0 Å². The third-order valence-corrected chi connectivity index (χ3v) is 6.56. The fourth-order valence-electron chi connectivity index (χ4n) is 3.56. The van der Waals surface area contributed by atoms with Crippen LogP contribution < -0.4 is 9.46 Å². The molecule has 0 aromatic heterocycles. The Morgan fingerprint density at radius 2 is 1.67 bits per heavy atom. The maximum absolute atomic E-state index is 13.0. The van der Waals surface area contributed by atoms with Crippen molar-refractivity contribution in [1.29, 1.82) is 0 Å². The zero-order valence-corrected chi connectivity index (χ0v) is 17.1. The zero-order chi connectivity index (χ0) is 19.4. The fourth-order valence-corrected chi connectivity index (χ4v) is 4.85. The van der Waals surface area contributed by atoms with Crippen molar-refractivity contribution in [3.05, 3.63) is 59.2 Å². The summed E-state index contributed by atoms with van der Waals surface area (Å²) in [6.07, 6.45) is 2.31. The van der Waals surface area contributed by atoms with Crippen LogP contribution in [0, 0.1) is 13.8 Å². The normalized spacial score (nSPS) is 16.4. The van der Waals surface area contributed by atoms with Crippen LogP contribution in [0.4, 0.5) is 0 Å². The zero-order valence-electron chi connectivity index (χ0n) is 16.2. The van der Waals surface area contributed by atoms with Gasteiger partial charge in [-0.25, -0.2) is 13.1 Å². The molecular weight excluding hydrogens is 360 g/mol. The second-order valence-corrected chi connectivity index (χ2v) is 8.91. The lowest BCUT2D eigenvalue weighted by molar-refractivity contribution is 0.246. The molecule has 5 nitrogen and oxygen atoms in total. The van der Waals surface area contributed by atoms with E-state index in [1.165, 1.54) is 12.7 Å². The molecule has 27 heavy (non-hydrogen) atoms. The van der Waals surface area contributed by atoms with Gasteiger partial charge in [-0.1, -0.05) is 35.9 Å². The first kappa shape index (κ1) is 19.9. The molecule has 0 aliphatic carbocycles. The van der Waals surface area contributed by atoms with Gasteiger partial charge in [-0.2, -0.15) is 0 Å². The molecule has 1 unspecified atom stereocenters. The van der Waals surface area contributed by atoms with Crippen molar-refractivity contribution in [1.82, 2.24) is 9.62 Å². The van der Waals surface area contributed by atoms with E-state index >= 15 is 0 Å². The summed E-state index contributed by atoms with van der Waals surface area (Å²) in [7, 11) is -2.18. The molecule has 0 amide bonds. The lowest BCUT2D eigenvalue weighted by Crippen LogP contribution is -2.37. The first-order chi connectivity index (χ1) is 12.9. The van der Waals surface area contributed by atoms with Gasteiger partial charge in [0.2, 0.25) is 10.0 Å². The molecule has 1 aliphatic heterocycles. The number of methoxy groups -OCH3 is 1. The van der Waals surface area contributed by atoms with Gasteiger partial charge in [0, 0.05) is 12.6 Å². The molecule has 1 fully saturated rings. The van der Waals surface area contributed by atoms with E-state index in [-0.39, 0.29) is 10.9 Å². The van der Waals surface area contributed by atoms with E-state index in [2.05, 4.69) is 40.8 Å². The standard InChI is InChI=1S/C21H28N2O3S/c1-16-6-9-18(10-7-16)19(23-12-4-5-13-23)15-22-27(24,25)21-14-17(2)8-11-20(21)26-3/h6-11,14,19,22H,4-5,12-13,15H2,1-3H3. The number of rotatable bonds is 7. The minimum atomic E-state index is -3.67. The molecule has 0 radical (unpaired) electrons. The number of sulfonamides is 1. The number of benzene rings is 2. The van der Waals surface area contributed by atoms with Crippen molar-refractivity contribution in [2.24, 2.45) is 0 Å². The number of ether oxygens (including phenoxy) is 1. The molecule has 3 rings (SSSR count). The van der Waals surface area contributed by atoms with Gasteiger partial charge in [-0.15, -0.1) is 0 Å². The number of aryl methyl sites for hydroxylation is 2. The highest BCUT2D eigenvalue weighted by Crippen LogP contribution is 2.28. The predicted molar refractivity (Wildman–Crippen MR) is 108 cm³/mol. The highest BCUT2D eigenvalue weighted by Gasteiger charge is 2.27. The SMILES string of the molecule is COc1ccc(C)cc1S(=O)(=O)NCC(c1ccc(C)cc1)N1CCCC1. The molecule has 1 aliphatic rings. The van der Waals surface area contributed by atoms with Gasteiger partial charge >= 0.3 is 0 Å². The van der Waals surface area contributed by atoms with Crippen molar-refractivity contribution in [3.8, 4) is 5.75 Å². The van der Waals surface area contributed by atoms with E-state index in [0.717, 1.165) is 37.1 Å². The molecule has 0 spiro atoms. The van der Waals surface area contributed by atoms with E-state index in [4.69, 9.17) is 4.74 Å². The molecular formula is C21H28N2O3S. The summed E-state index contributed by atoms with van der Waals surface area (Å²) in [5.41, 5.74) is 3.22. The van der Waals surface area contributed by atoms with Crippen molar-refractivity contribution < 1.29 is 13.2 Å². The van der Waals surface area contributed by atoms with E-state index in [1.54, 1.807) is 12.1 Å². The molecule has 2 aromatic carbocycles. The van der Waals surface area contributed by atoms with Gasteiger partial charge in [0.05, 0.1) is 7.11 Å². The lowest BCUT2D eigenvalue weighted by Gasteiger charge is -2.28. The molecule has 1 atom stereocenters. The number of hydrogen-bond acceptors (Lipinski definition) is 4. The van der Waals surface area contributed by atoms with E-state index in [9.17, 15) is 8.42 Å². The van der Waals surface area contributed by atoms with Crippen molar-refractivity contribution in [3.63, 3.8) is 0 Å². The Hall–Kier alpha value is -1.89. The van der Waals surface area contributed by atoms with Crippen LogP contribution in [0.2, 0.25) is 0 Å². The van der Waals surface area contributed by atoms with E-state index in [0.29, 0.717) is 12.3 Å². The van der Waals surface area contributed by atoms with Gasteiger partial charge in [-0.3, -0.25) is 4.90 Å². The summed E-state index contributed by atoms with van der Waals surface area (Å²) in [6, 6.07) is 13.6.